The SMILES string of the molecule is CC(=O)[C@@H]1CC[C@H](C(=O)O)C1. The van der Waals surface area contributed by atoms with E-state index < -0.39 is 5.97 Å². The molecule has 0 heterocycles. The fourth-order valence-electron chi connectivity index (χ4n) is 1.58. The number of hydrogen-bond donors (Lipinski definition) is 1. The van der Waals surface area contributed by atoms with E-state index in [0.29, 0.717) is 12.8 Å². The molecule has 1 saturated carbocycles. The van der Waals surface area contributed by atoms with Crippen LogP contribution in [0.25, 0.3) is 0 Å². The number of carbonyl (C=O) groups is 2. The first-order valence-electron chi connectivity index (χ1n) is 3.84. The molecule has 3 heteroatoms. The third kappa shape index (κ3) is 1.79. The van der Waals surface area contributed by atoms with Crippen LogP contribution < -0.4 is 0 Å². The van der Waals surface area contributed by atoms with Crippen molar-refractivity contribution >= 4 is 11.8 Å². The Morgan fingerprint density at radius 3 is 2.09 bits per heavy atom. The van der Waals surface area contributed by atoms with Crippen molar-refractivity contribution in [3.8, 4) is 0 Å². The Morgan fingerprint density at radius 1 is 1.27 bits per heavy atom. The van der Waals surface area contributed by atoms with Crippen molar-refractivity contribution in [2.24, 2.45) is 11.8 Å². The van der Waals surface area contributed by atoms with Gasteiger partial charge in [-0.25, -0.2) is 0 Å². The Kier molecular flexibility index (Phi) is 2.27. The lowest BCUT2D eigenvalue weighted by Gasteiger charge is -2.02. The minimum atomic E-state index is -0.756. The molecule has 0 aromatic rings. The largest absolute Gasteiger partial charge is 0.481 e. The molecule has 1 N–H and O–H groups in total. The number of hydrogen-bond acceptors (Lipinski definition) is 2. The van der Waals surface area contributed by atoms with Crippen LogP contribution in [-0.4, -0.2) is 16.9 Å². The summed E-state index contributed by atoms with van der Waals surface area (Å²) in [6, 6.07) is 0. The van der Waals surface area contributed by atoms with Gasteiger partial charge in [0, 0.05) is 5.92 Å². The van der Waals surface area contributed by atoms with Crippen LogP contribution in [0.5, 0.6) is 0 Å². The highest BCUT2D eigenvalue weighted by Gasteiger charge is 2.31. The highest BCUT2D eigenvalue weighted by Crippen LogP contribution is 2.31. The van der Waals surface area contributed by atoms with Gasteiger partial charge in [0.2, 0.25) is 0 Å². The lowest BCUT2D eigenvalue weighted by atomic mass is 10.0. The van der Waals surface area contributed by atoms with Gasteiger partial charge in [0.1, 0.15) is 5.78 Å². The van der Waals surface area contributed by atoms with Crippen molar-refractivity contribution < 1.29 is 14.7 Å². The molecule has 0 saturated heterocycles. The van der Waals surface area contributed by atoms with Crippen LogP contribution in [0.4, 0.5) is 0 Å². The van der Waals surface area contributed by atoms with Crippen molar-refractivity contribution in [1.82, 2.24) is 0 Å². The second kappa shape index (κ2) is 3.03. The predicted molar refractivity (Wildman–Crippen MR) is 39.1 cm³/mol. The normalized spacial score (nSPS) is 30.3. The summed E-state index contributed by atoms with van der Waals surface area (Å²) in [7, 11) is 0. The Balaban J connectivity index is 2.47. The maximum absolute atomic E-state index is 10.8. The van der Waals surface area contributed by atoms with E-state index in [1.165, 1.54) is 6.92 Å². The quantitative estimate of drug-likeness (QED) is 0.650. The minimum Gasteiger partial charge on any atom is -0.481 e. The van der Waals surface area contributed by atoms with E-state index in [4.69, 9.17) is 5.11 Å². The van der Waals surface area contributed by atoms with Crippen LogP contribution in [0, 0.1) is 11.8 Å². The molecule has 1 fully saturated rings. The monoisotopic (exact) mass is 156 g/mol. The number of carboxylic acid groups (broad SMARTS) is 1. The highest BCUT2D eigenvalue weighted by atomic mass is 16.4. The first-order chi connectivity index (χ1) is 5.11. The molecule has 2 atom stereocenters. The van der Waals surface area contributed by atoms with Gasteiger partial charge in [-0.2, -0.15) is 0 Å². The van der Waals surface area contributed by atoms with Crippen LogP contribution in [-0.2, 0) is 9.59 Å². The number of carbonyl (C=O) groups excluding carboxylic acids is 1. The van der Waals surface area contributed by atoms with E-state index in [0.717, 1.165) is 6.42 Å². The van der Waals surface area contributed by atoms with E-state index in [-0.39, 0.29) is 17.6 Å². The van der Waals surface area contributed by atoms with Gasteiger partial charge in [-0.1, -0.05) is 0 Å². The number of rotatable bonds is 2. The highest BCUT2D eigenvalue weighted by molar-refractivity contribution is 5.80. The van der Waals surface area contributed by atoms with Gasteiger partial charge in [0.25, 0.3) is 0 Å². The van der Waals surface area contributed by atoms with Crippen LogP contribution >= 0.6 is 0 Å². The molecule has 0 bridgehead atoms. The average Bonchev–Trinajstić information content (AvgIpc) is 2.33. The standard InChI is InChI=1S/C8H12O3/c1-5(9)6-2-3-7(4-6)8(10)11/h6-7H,2-4H2,1H3,(H,10,11)/t6-,7+/m1/s1. The molecule has 3 nitrogen and oxygen atoms in total. The maximum atomic E-state index is 10.8. The Labute approximate surface area is 65.4 Å². The summed E-state index contributed by atoms with van der Waals surface area (Å²) in [5, 5.41) is 8.60. The summed E-state index contributed by atoms with van der Waals surface area (Å²) in [6.07, 6.45) is 1.97. The Morgan fingerprint density at radius 2 is 1.82 bits per heavy atom. The van der Waals surface area contributed by atoms with Crippen molar-refractivity contribution in [2.75, 3.05) is 0 Å². The molecule has 1 rings (SSSR count). The predicted octanol–water partition coefficient (Wildman–Crippen LogP) is 1.08. The molecule has 62 valence electrons. The fraction of sp³-hybridized carbons (Fsp3) is 0.750. The molecule has 0 aromatic carbocycles. The molecule has 0 aliphatic heterocycles. The molecule has 0 radical (unpaired) electrons. The third-order valence-electron chi connectivity index (χ3n) is 2.36. The second-order valence-corrected chi connectivity index (χ2v) is 3.16. The molecule has 11 heavy (non-hydrogen) atoms. The van der Waals surface area contributed by atoms with Gasteiger partial charge in [0.05, 0.1) is 5.92 Å². The maximum Gasteiger partial charge on any atom is 0.306 e. The van der Waals surface area contributed by atoms with E-state index in [9.17, 15) is 9.59 Å². The van der Waals surface area contributed by atoms with Gasteiger partial charge < -0.3 is 5.11 Å². The summed E-state index contributed by atoms with van der Waals surface area (Å²) in [6.45, 7) is 1.54. The molecular formula is C8H12O3. The lowest BCUT2D eigenvalue weighted by Crippen LogP contribution is -2.12. The summed E-state index contributed by atoms with van der Waals surface area (Å²) >= 11 is 0. The summed E-state index contributed by atoms with van der Waals surface area (Å²) in [4.78, 5) is 21.3. The smallest absolute Gasteiger partial charge is 0.306 e. The Hall–Kier alpha value is -0.860. The number of Topliss-reactive ketones (excluding diaryl/α,β-unsaturated/α-hetero) is 1. The van der Waals surface area contributed by atoms with Crippen LogP contribution in [0.15, 0.2) is 0 Å². The van der Waals surface area contributed by atoms with E-state index in [1.54, 1.807) is 0 Å². The van der Waals surface area contributed by atoms with Crippen LogP contribution in [0.1, 0.15) is 26.2 Å². The van der Waals surface area contributed by atoms with Crippen molar-refractivity contribution in [3.63, 3.8) is 0 Å². The van der Waals surface area contributed by atoms with Crippen molar-refractivity contribution in [1.29, 1.82) is 0 Å². The summed E-state index contributed by atoms with van der Waals surface area (Å²) < 4.78 is 0. The van der Waals surface area contributed by atoms with Gasteiger partial charge in [-0.05, 0) is 26.2 Å². The molecule has 1 aliphatic rings. The minimum absolute atomic E-state index is 0.0103. The zero-order valence-corrected chi connectivity index (χ0v) is 6.54. The first-order valence-corrected chi connectivity index (χ1v) is 3.84. The number of carboxylic acids is 1. The third-order valence-corrected chi connectivity index (χ3v) is 2.36. The van der Waals surface area contributed by atoms with Gasteiger partial charge in [-0.3, -0.25) is 9.59 Å². The molecule has 0 amide bonds. The van der Waals surface area contributed by atoms with Crippen LogP contribution in [0.2, 0.25) is 0 Å². The van der Waals surface area contributed by atoms with E-state index in [2.05, 4.69) is 0 Å². The summed E-state index contributed by atoms with van der Waals surface area (Å²) in [5.74, 6) is -0.887. The van der Waals surface area contributed by atoms with Crippen molar-refractivity contribution in [3.05, 3.63) is 0 Å². The fourth-order valence-corrected chi connectivity index (χ4v) is 1.58. The van der Waals surface area contributed by atoms with Crippen LogP contribution in [0.3, 0.4) is 0 Å². The number of ketones is 1. The van der Waals surface area contributed by atoms with Crippen molar-refractivity contribution in [2.45, 2.75) is 26.2 Å². The molecule has 1 aliphatic carbocycles. The molecule has 0 unspecified atom stereocenters. The average molecular weight is 156 g/mol. The molecule has 0 aromatic heterocycles. The lowest BCUT2D eigenvalue weighted by molar-refractivity contribution is -0.141. The Bertz CT molecular complexity index is 166. The second-order valence-electron chi connectivity index (χ2n) is 3.16. The molecular weight excluding hydrogens is 144 g/mol. The zero-order valence-electron chi connectivity index (χ0n) is 6.54. The van der Waals surface area contributed by atoms with E-state index >= 15 is 0 Å². The van der Waals surface area contributed by atoms with Gasteiger partial charge >= 0.3 is 5.97 Å². The van der Waals surface area contributed by atoms with Gasteiger partial charge in [-0.15, -0.1) is 0 Å². The summed E-state index contributed by atoms with van der Waals surface area (Å²) in [5.41, 5.74) is 0. The van der Waals surface area contributed by atoms with E-state index in [1.807, 2.05) is 0 Å². The number of aliphatic carboxylic acids is 1. The molecule has 0 spiro atoms. The topological polar surface area (TPSA) is 54.4 Å². The van der Waals surface area contributed by atoms with Gasteiger partial charge in [0.15, 0.2) is 0 Å². The zero-order chi connectivity index (χ0) is 8.43. The first kappa shape index (κ1) is 8.24.